The van der Waals surface area contributed by atoms with Gasteiger partial charge in [0.05, 0.1) is 6.04 Å². The van der Waals surface area contributed by atoms with Crippen LogP contribution in [0.2, 0.25) is 0 Å². The Kier molecular flexibility index (Phi) is 6.77. The number of carbonyl (C=O) groups excluding carboxylic acids is 2. The third-order valence-electron chi connectivity index (χ3n) is 4.47. The molecular weight excluding hydrogens is 350 g/mol. The van der Waals surface area contributed by atoms with Crippen molar-refractivity contribution in [2.75, 3.05) is 5.32 Å². The van der Waals surface area contributed by atoms with Crippen molar-refractivity contribution >= 4 is 29.9 Å². The zero-order chi connectivity index (χ0) is 17.8. The molecule has 138 valence electrons. The molecule has 2 aromatic carbocycles. The number of hydrogen-bond acceptors (Lipinski definition) is 3. The van der Waals surface area contributed by atoms with E-state index in [0.717, 1.165) is 11.3 Å². The number of carbonyl (C=O) groups is 2. The van der Waals surface area contributed by atoms with Gasteiger partial charge < -0.3 is 16.0 Å². The van der Waals surface area contributed by atoms with Gasteiger partial charge in [0.25, 0.3) is 0 Å². The molecule has 0 bridgehead atoms. The quantitative estimate of drug-likeness (QED) is 0.771. The summed E-state index contributed by atoms with van der Waals surface area (Å²) in [5, 5.41) is 8.85. The molecule has 0 fully saturated rings. The highest BCUT2D eigenvalue weighted by molar-refractivity contribution is 5.97. The SMILES string of the molecule is Cc1ccc(NC(=O)[C@@H](C)NC(=O)[C@@H]2Cc3ccccc3CN2)cc1.Cl. The predicted molar refractivity (Wildman–Crippen MR) is 105 cm³/mol. The summed E-state index contributed by atoms with van der Waals surface area (Å²) in [4.78, 5) is 24.7. The lowest BCUT2D eigenvalue weighted by molar-refractivity contribution is -0.127. The fourth-order valence-electron chi connectivity index (χ4n) is 2.91. The largest absolute Gasteiger partial charge is 0.343 e. The Morgan fingerprint density at radius 1 is 1.08 bits per heavy atom. The summed E-state index contributed by atoms with van der Waals surface area (Å²) in [6, 6.07) is 14.7. The minimum Gasteiger partial charge on any atom is -0.343 e. The Morgan fingerprint density at radius 2 is 1.73 bits per heavy atom. The number of hydrogen-bond donors (Lipinski definition) is 3. The average molecular weight is 374 g/mol. The molecule has 0 saturated carbocycles. The molecule has 3 N–H and O–H groups in total. The highest BCUT2D eigenvalue weighted by Gasteiger charge is 2.26. The van der Waals surface area contributed by atoms with Gasteiger partial charge in [0.1, 0.15) is 6.04 Å². The summed E-state index contributed by atoms with van der Waals surface area (Å²) < 4.78 is 0. The van der Waals surface area contributed by atoms with Crippen molar-refractivity contribution in [1.82, 2.24) is 10.6 Å². The van der Waals surface area contributed by atoms with Gasteiger partial charge in [0.2, 0.25) is 11.8 Å². The maximum absolute atomic E-state index is 12.5. The standard InChI is InChI=1S/C20H23N3O2.ClH/c1-13-7-9-17(10-8-13)23-19(24)14(2)22-20(25)18-11-15-5-3-4-6-16(15)12-21-18;/h3-10,14,18,21H,11-12H2,1-2H3,(H,22,25)(H,23,24);1H/t14-,18+;/m1./s1. The third kappa shape index (κ3) is 4.84. The number of fused-ring (bicyclic) bond motifs is 1. The molecule has 1 aliphatic heterocycles. The van der Waals surface area contributed by atoms with Crippen LogP contribution < -0.4 is 16.0 Å². The average Bonchev–Trinajstić information content (AvgIpc) is 2.63. The van der Waals surface area contributed by atoms with E-state index < -0.39 is 6.04 Å². The Bertz CT molecular complexity index is 777. The first kappa shape index (κ1) is 19.9. The molecule has 26 heavy (non-hydrogen) atoms. The summed E-state index contributed by atoms with van der Waals surface area (Å²) in [7, 11) is 0. The van der Waals surface area contributed by atoms with Gasteiger partial charge in [-0.25, -0.2) is 0 Å². The van der Waals surface area contributed by atoms with Gasteiger partial charge in [0.15, 0.2) is 0 Å². The first-order chi connectivity index (χ1) is 12.0. The zero-order valence-corrected chi connectivity index (χ0v) is 15.7. The number of nitrogens with one attached hydrogen (secondary N) is 3. The normalized spacial score (nSPS) is 16.6. The summed E-state index contributed by atoms with van der Waals surface area (Å²) >= 11 is 0. The lowest BCUT2D eigenvalue weighted by Gasteiger charge is -2.26. The molecule has 1 aliphatic rings. The van der Waals surface area contributed by atoms with Crippen molar-refractivity contribution in [3.63, 3.8) is 0 Å². The number of anilines is 1. The molecule has 6 heteroatoms. The molecule has 0 aromatic heterocycles. The second-order valence-corrected chi connectivity index (χ2v) is 6.49. The monoisotopic (exact) mass is 373 g/mol. The second kappa shape index (κ2) is 8.83. The van der Waals surface area contributed by atoms with E-state index in [4.69, 9.17) is 0 Å². The van der Waals surface area contributed by atoms with Crippen LogP contribution in [0.15, 0.2) is 48.5 Å². The van der Waals surface area contributed by atoms with Gasteiger partial charge in [0, 0.05) is 12.2 Å². The zero-order valence-electron chi connectivity index (χ0n) is 14.9. The molecule has 2 atom stereocenters. The lowest BCUT2D eigenvalue weighted by Crippen LogP contribution is -2.52. The fraction of sp³-hybridized carbons (Fsp3) is 0.300. The number of aryl methyl sites for hydroxylation is 1. The Balaban J connectivity index is 0.00000243. The van der Waals surface area contributed by atoms with E-state index in [1.165, 1.54) is 11.1 Å². The topological polar surface area (TPSA) is 70.2 Å². The van der Waals surface area contributed by atoms with Gasteiger partial charge in [-0.3, -0.25) is 9.59 Å². The molecule has 1 heterocycles. The van der Waals surface area contributed by atoms with Crippen molar-refractivity contribution < 1.29 is 9.59 Å². The molecule has 0 saturated heterocycles. The molecule has 2 amide bonds. The summed E-state index contributed by atoms with van der Waals surface area (Å²) in [5.74, 6) is -0.380. The molecule has 0 radical (unpaired) electrons. The fourth-order valence-corrected chi connectivity index (χ4v) is 2.91. The molecule has 0 aliphatic carbocycles. The van der Waals surface area contributed by atoms with Gasteiger partial charge in [-0.05, 0) is 43.5 Å². The van der Waals surface area contributed by atoms with Crippen LogP contribution >= 0.6 is 12.4 Å². The summed E-state index contributed by atoms with van der Waals surface area (Å²) in [5.41, 5.74) is 4.25. The van der Waals surface area contributed by atoms with Crippen molar-refractivity contribution in [2.45, 2.75) is 38.9 Å². The Morgan fingerprint density at radius 3 is 2.42 bits per heavy atom. The van der Waals surface area contributed by atoms with Crippen LogP contribution in [0.5, 0.6) is 0 Å². The minimum atomic E-state index is -0.604. The maximum Gasteiger partial charge on any atom is 0.246 e. The first-order valence-corrected chi connectivity index (χ1v) is 8.51. The van der Waals surface area contributed by atoms with Gasteiger partial charge in [-0.1, -0.05) is 42.0 Å². The van der Waals surface area contributed by atoms with Crippen LogP contribution in [-0.4, -0.2) is 23.9 Å². The van der Waals surface area contributed by atoms with E-state index in [1.54, 1.807) is 6.92 Å². The van der Waals surface area contributed by atoms with E-state index >= 15 is 0 Å². The van der Waals surface area contributed by atoms with Crippen LogP contribution in [-0.2, 0) is 22.6 Å². The van der Waals surface area contributed by atoms with Crippen LogP contribution in [0.4, 0.5) is 5.69 Å². The number of rotatable bonds is 4. The maximum atomic E-state index is 12.5. The van der Waals surface area contributed by atoms with E-state index in [1.807, 2.05) is 49.4 Å². The first-order valence-electron chi connectivity index (χ1n) is 8.51. The van der Waals surface area contributed by atoms with E-state index in [9.17, 15) is 9.59 Å². The van der Waals surface area contributed by atoms with Crippen molar-refractivity contribution in [3.05, 3.63) is 65.2 Å². The summed E-state index contributed by atoms with van der Waals surface area (Å²) in [6.45, 7) is 4.35. The molecule has 2 aromatic rings. The number of benzene rings is 2. The highest BCUT2D eigenvalue weighted by atomic mass is 35.5. The van der Waals surface area contributed by atoms with Crippen molar-refractivity contribution in [1.29, 1.82) is 0 Å². The van der Waals surface area contributed by atoms with E-state index in [-0.39, 0.29) is 30.3 Å². The number of amides is 2. The third-order valence-corrected chi connectivity index (χ3v) is 4.47. The molecule has 5 nitrogen and oxygen atoms in total. The number of halogens is 1. The van der Waals surface area contributed by atoms with Crippen molar-refractivity contribution in [2.24, 2.45) is 0 Å². The molecular formula is C20H24ClN3O2. The molecule has 0 unspecified atom stereocenters. The minimum absolute atomic E-state index is 0. The lowest BCUT2D eigenvalue weighted by atomic mass is 9.95. The van der Waals surface area contributed by atoms with Gasteiger partial charge >= 0.3 is 0 Å². The Hall–Kier alpha value is -2.37. The van der Waals surface area contributed by atoms with E-state index in [0.29, 0.717) is 13.0 Å². The summed E-state index contributed by atoms with van der Waals surface area (Å²) in [6.07, 6.45) is 0.633. The van der Waals surface area contributed by atoms with Crippen molar-refractivity contribution in [3.8, 4) is 0 Å². The van der Waals surface area contributed by atoms with Crippen LogP contribution in [0.3, 0.4) is 0 Å². The van der Waals surface area contributed by atoms with E-state index in [2.05, 4.69) is 22.0 Å². The highest BCUT2D eigenvalue weighted by Crippen LogP contribution is 2.16. The van der Waals surface area contributed by atoms with Crippen LogP contribution in [0.1, 0.15) is 23.6 Å². The van der Waals surface area contributed by atoms with Gasteiger partial charge in [-0.15, -0.1) is 12.4 Å². The smallest absolute Gasteiger partial charge is 0.246 e. The van der Waals surface area contributed by atoms with Gasteiger partial charge in [-0.2, -0.15) is 0 Å². The molecule has 3 rings (SSSR count). The van der Waals surface area contributed by atoms with Crippen LogP contribution in [0.25, 0.3) is 0 Å². The second-order valence-electron chi connectivity index (χ2n) is 6.49. The Labute approximate surface area is 160 Å². The van der Waals surface area contributed by atoms with Crippen LogP contribution in [0, 0.1) is 6.92 Å². The predicted octanol–water partition coefficient (Wildman–Crippen LogP) is 2.57. The molecule has 0 spiro atoms.